The molecule has 0 aliphatic carbocycles. The van der Waals surface area contributed by atoms with Gasteiger partial charge < -0.3 is 24.3 Å². The molecule has 188 valence electrons. The Kier molecular flexibility index (Phi) is 6.87. The van der Waals surface area contributed by atoms with Crippen LogP contribution in [0.5, 0.6) is 5.88 Å². The second kappa shape index (κ2) is 10.1. The molecule has 1 aromatic carbocycles. The van der Waals surface area contributed by atoms with Crippen molar-refractivity contribution in [2.45, 2.75) is 43.3 Å². The van der Waals surface area contributed by atoms with Gasteiger partial charge in [0.25, 0.3) is 0 Å². The molecule has 12 heteroatoms. The minimum absolute atomic E-state index is 0.0701. The summed E-state index contributed by atoms with van der Waals surface area (Å²) < 4.78 is 48.3. The predicted molar refractivity (Wildman–Crippen MR) is 125 cm³/mol. The average Bonchev–Trinajstić information content (AvgIpc) is 3.43. The maximum absolute atomic E-state index is 12.4. The molecule has 3 fully saturated rings. The second-order valence-corrected chi connectivity index (χ2v) is 10.8. The van der Waals surface area contributed by atoms with Crippen LogP contribution in [0, 0.1) is 0 Å². The quantitative estimate of drug-likeness (QED) is 0.547. The molecular weight excluding hydrogens is 476 g/mol. The van der Waals surface area contributed by atoms with Gasteiger partial charge in [-0.05, 0) is 25.0 Å². The van der Waals surface area contributed by atoms with Crippen molar-refractivity contribution in [3.63, 3.8) is 0 Å². The minimum atomic E-state index is -3.17. The number of esters is 1. The summed E-state index contributed by atoms with van der Waals surface area (Å²) in [7, 11) is -3.17. The van der Waals surface area contributed by atoms with Gasteiger partial charge in [-0.2, -0.15) is 4.98 Å². The van der Waals surface area contributed by atoms with Crippen molar-refractivity contribution in [2.24, 2.45) is 0 Å². The summed E-state index contributed by atoms with van der Waals surface area (Å²) in [5.41, 5.74) is 0.477. The highest BCUT2D eigenvalue weighted by atomic mass is 32.2. The largest absolute Gasteiger partial charge is 0.469 e. The van der Waals surface area contributed by atoms with Gasteiger partial charge in [0.1, 0.15) is 12.2 Å². The van der Waals surface area contributed by atoms with Crippen LogP contribution in [0.1, 0.15) is 23.2 Å². The Morgan fingerprint density at radius 3 is 2.46 bits per heavy atom. The molecule has 0 spiro atoms. The van der Waals surface area contributed by atoms with Crippen LogP contribution >= 0.6 is 0 Å². The molecule has 0 radical (unpaired) electrons. The van der Waals surface area contributed by atoms with Crippen LogP contribution in [0.3, 0.4) is 0 Å². The molecule has 1 N–H and O–H groups in total. The highest BCUT2D eigenvalue weighted by molar-refractivity contribution is 7.88. The van der Waals surface area contributed by atoms with Crippen LogP contribution < -0.4 is 10.1 Å². The maximum atomic E-state index is 12.4. The zero-order valence-electron chi connectivity index (χ0n) is 19.3. The molecule has 3 aliphatic heterocycles. The van der Waals surface area contributed by atoms with E-state index in [1.54, 1.807) is 36.5 Å². The number of ether oxygens (including phenoxy) is 4. The second-order valence-electron chi connectivity index (χ2n) is 8.86. The first-order chi connectivity index (χ1) is 16.9. The van der Waals surface area contributed by atoms with E-state index in [0.29, 0.717) is 43.3 Å². The van der Waals surface area contributed by atoms with Gasteiger partial charge >= 0.3 is 5.97 Å². The number of sulfonamides is 1. The Bertz CT molecular complexity index is 1140. The maximum Gasteiger partial charge on any atom is 0.338 e. The molecule has 0 bridgehead atoms. The standard InChI is InChI=1S/C23H28N4O7S/c1-35(29,30)27-11-8-16(9-12-27)25-23-24-10-7-19(26-23)33-17-13-31-21-18(14-32-20(17)21)34-22(28)15-5-3-2-4-6-15/h2-7,10,16-18,20-21H,8-9,11-14H2,1H3,(H,24,25,26)/t17?,18-,20+,21+/m0/s1. The van der Waals surface area contributed by atoms with Gasteiger partial charge in [0.05, 0.1) is 25.0 Å². The molecule has 5 rings (SSSR count). The summed E-state index contributed by atoms with van der Waals surface area (Å²) in [6.07, 6.45) is 2.46. The van der Waals surface area contributed by atoms with Crippen molar-refractivity contribution < 1.29 is 32.2 Å². The number of carbonyl (C=O) groups excluding carboxylic acids is 1. The van der Waals surface area contributed by atoms with Crippen LogP contribution in [-0.2, 0) is 24.2 Å². The number of anilines is 1. The highest BCUT2D eigenvalue weighted by Crippen LogP contribution is 2.31. The molecular formula is C23H28N4O7S. The number of piperidine rings is 1. The third-order valence-electron chi connectivity index (χ3n) is 6.39. The summed E-state index contributed by atoms with van der Waals surface area (Å²) in [6.45, 7) is 1.44. The lowest BCUT2D eigenvalue weighted by Crippen LogP contribution is -2.42. The first-order valence-electron chi connectivity index (χ1n) is 11.6. The molecule has 4 heterocycles. The number of rotatable bonds is 7. The molecule has 2 aromatic rings. The van der Waals surface area contributed by atoms with Crippen LogP contribution in [0.15, 0.2) is 42.6 Å². The fraction of sp³-hybridized carbons (Fsp3) is 0.522. The number of hydrogen-bond donors (Lipinski definition) is 1. The van der Waals surface area contributed by atoms with E-state index in [0.717, 1.165) is 0 Å². The third-order valence-corrected chi connectivity index (χ3v) is 7.69. The van der Waals surface area contributed by atoms with Crippen LogP contribution in [-0.4, -0.2) is 91.7 Å². The molecule has 1 aromatic heterocycles. The van der Waals surface area contributed by atoms with Crippen molar-refractivity contribution in [1.82, 2.24) is 14.3 Å². The SMILES string of the molecule is CS(=O)(=O)N1CCC(Nc2nccc(OC3CO[C@@H]4[C@@H](OC(=O)c5ccccc5)CO[C@H]34)n2)CC1. The van der Waals surface area contributed by atoms with Gasteiger partial charge in [-0.25, -0.2) is 22.5 Å². The Hall–Kier alpha value is -2.80. The normalized spacial score (nSPS) is 27.3. The Balaban J connectivity index is 1.15. The third kappa shape index (κ3) is 5.56. The van der Waals surface area contributed by atoms with E-state index >= 15 is 0 Å². The minimum Gasteiger partial charge on any atom is -0.469 e. The first-order valence-corrected chi connectivity index (χ1v) is 13.4. The Morgan fingerprint density at radius 1 is 1.06 bits per heavy atom. The summed E-state index contributed by atoms with van der Waals surface area (Å²) in [5, 5.41) is 3.26. The van der Waals surface area contributed by atoms with Crippen LogP contribution in [0.4, 0.5) is 5.95 Å². The van der Waals surface area contributed by atoms with E-state index < -0.39 is 34.3 Å². The number of carbonyl (C=O) groups is 1. The first kappa shape index (κ1) is 23.9. The Labute approximate surface area is 203 Å². The summed E-state index contributed by atoms with van der Waals surface area (Å²) in [6, 6.07) is 10.5. The number of hydrogen-bond acceptors (Lipinski definition) is 10. The lowest BCUT2D eigenvalue weighted by atomic mass is 10.1. The smallest absolute Gasteiger partial charge is 0.338 e. The molecule has 3 aliphatic rings. The number of nitrogens with zero attached hydrogens (tertiary/aromatic N) is 3. The van der Waals surface area contributed by atoms with E-state index in [9.17, 15) is 13.2 Å². The number of fused-ring (bicyclic) bond motifs is 1. The Morgan fingerprint density at radius 2 is 1.74 bits per heavy atom. The fourth-order valence-electron chi connectivity index (χ4n) is 4.56. The van der Waals surface area contributed by atoms with E-state index in [1.165, 1.54) is 10.6 Å². The van der Waals surface area contributed by atoms with Crippen LogP contribution in [0.2, 0.25) is 0 Å². The topological polar surface area (TPSA) is 129 Å². The van der Waals surface area contributed by atoms with Crippen molar-refractivity contribution >= 4 is 21.9 Å². The number of aromatic nitrogens is 2. The zero-order valence-corrected chi connectivity index (χ0v) is 20.1. The van der Waals surface area contributed by atoms with E-state index in [-0.39, 0.29) is 25.4 Å². The van der Waals surface area contributed by atoms with Gasteiger partial charge in [-0.3, -0.25) is 0 Å². The molecule has 11 nitrogen and oxygen atoms in total. The highest BCUT2D eigenvalue weighted by Gasteiger charge is 2.51. The van der Waals surface area contributed by atoms with Crippen LogP contribution in [0.25, 0.3) is 0 Å². The monoisotopic (exact) mass is 504 g/mol. The van der Waals surface area contributed by atoms with Gasteiger partial charge in [0.2, 0.25) is 21.9 Å². The van der Waals surface area contributed by atoms with E-state index in [1.807, 2.05) is 6.07 Å². The van der Waals surface area contributed by atoms with Gasteiger partial charge in [0.15, 0.2) is 12.2 Å². The molecule has 4 atom stereocenters. The molecule has 35 heavy (non-hydrogen) atoms. The van der Waals surface area contributed by atoms with E-state index in [4.69, 9.17) is 18.9 Å². The molecule has 3 saturated heterocycles. The van der Waals surface area contributed by atoms with Crippen molar-refractivity contribution in [2.75, 3.05) is 37.9 Å². The summed E-state index contributed by atoms with van der Waals surface area (Å²) in [5.74, 6) is 0.373. The lowest BCUT2D eigenvalue weighted by Gasteiger charge is -2.30. The number of nitrogens with one attached hydrogen (secondary N) is 1. The molecule has 0 saturated carbocycles. The lowest BCUT2D eigenvalue weighted by molar-refractivity contribution is -0.0192. The fourth-order valence-corrected chi connectivity index (χ4v) is 5.43. The van der Waals surface area contributed by atoms with E-state index in [2.05, 4.69) is 15.3 Å². The van der Waals surface area contributed by atoms with Gasteiger partial charge in [-0.1, -0.05) is 18.2 Å². The van der Waals surface area contributed by atoms with Crippen molar-refractivity contribution in [3.05, 3.63) is 48.2 Å². The van der Waals surface area contributed by atoms with Gasteiger partial charge in [-0.15, -0.1) is 0 Å². The molecule has 1 unspecified atom stereocenters. The molecule has 0 amide bonds. The van der Waals surface area contributed by atoms with Gasteiger partial charge in [0, 0.05) is 31.4 Å². The summed E-state index contributed by atoms with van der Waals surface area (Å²) in [4.78, 5) is 21.1. The number of benzene rings is 1. The average molecular weight is 505 g/mol. The summed E-state index contributed by atoms with van der Waals surface area (Å²) >= 11 is 0. The van der Waals surface area contributed by atoms with Crippen molar-refractivity contribution in [1.29, 1.82) is 0 Å². The predicted octanol–water partition coefficient (Wildman–Crippen LogP) is 1.08. The zero-order chi connectivity index (χ0) is 24.4. The van der Waals surface area contributed by atoms with Crippen molar-refractivity contribution in [3.8, 4) is 5.88 Å².